The van der Waals surface area contributed by atoms with Gasteiger partial charge in [0.05, 0.1) is 5.56 Å². The van der Waals surface area contributed by atoms with Gasteiger partial charge < -0.3 is 4.74 Å². The van der Waals surface area contributed by atoms with Crippen molar-refractivity contribution in [1.82, 2.24) is 10.9 Å². The molecule has 0 radical (unpaired) electrons. The summed E-state index contributed by atoms with van der Waals surface area (Å²) in [5, 5.41) is 0. The summed E-state index contributed by atoms with van der Waals surface area (Å²) in [6, 6.07) is 6.75. The van der Waals surface area contributed by atoms with E-state index in [-0.39, 0.29) is 5.91 Å². The van der Waals surface area contributed by atoms with Gasteiger partial charge in [-0.1, -0.05) is 24.8 Å². The minimum atomic E-state index is -0.431. The third-order valence-corrected chi connectivity index (χ3v) is 1.84. The molecule has 1 rings (SSSR count). The summed E-state index contributed by atoms with van der Waals surface area (Å²) < 4.78 is 5.32. The van der Waals surface area contributed by atoms with Gasteiger partial charge in [0.2, 0.25) is 5.91 Å². The van der Waals surface area contributed by atoms with E-state index < -0.39 is 5.91 Å². The van der Waals surface area contributed by atoms with E-state index in [0.717, 1.165) is 0 Å². The first-order valence-electron chi connectivity index (χ1n) is 5.04. The molecule has 0 aliphatic carbocycles. The van der Waals surface area contributed by atoms with Crippen LogP contribution in [0.3, 0.4) is 0 Å². The van der Waals surface area contributed by atoms with E-state index in [1.807, 2.05) is 0 Å². The zero-order valence-electron chi connectivity index (χ0n) is 9.53. The van der Waals surface area contributed by atoms with Crippen molar-refractivity contribution in [2.75, 3.05) is 6.61 Å². The highest BCUT2D eigenvalue weighted by molar-refractivity contribution is 5.97. The zero-order valence-corrected chi connectivity index (χ0v) is 9.53. The molecule has 90 valence electrons. The normalized spacial score (nSPS) is 9.24. The third kappa shape index (κ3) is 3.98. The van der Waals surface area contributed by atoms with Gasteiger partial charge in [-0.2, -0.15) is 0 Å². The molecule has 0 bridgehead atoms. The number of hydrogen-bond acceptors (Lipinski definition) is 3. The molecule has 0 heterocycles. The van der Waals surface area contributed by atoms with Crippen LogP contribution in [0.2, 0.25) is 0 Å². The lowest BCUT2D eigenvalue weighted by molar-refractivity contribution is -0.119. The Labute approximate surface area is 99.4 Å². The highest BCUT2D eigenvalue weighted by Gasteiger charge is 2.11. The SMILES string of the molecule is C=CCOc1ccccc1C(=O)NNC(C)=O. The van der Waals surface area contributed by atoms with E-state index in [9.17, 15) is 9.59 Å². The molecule has 1 aromatic carbocycles. The number of carbonyl (C=O) groups is 2. The first-order chi connectivity index (χ1) is 8.15. The smallest absolute Gasteiger partial charge is 0.273 e. The first-order valence-corrected chi connectivity index (χ1v) is 5.04. The number of carbonyl (C=O) groups excluding carboxylic acids is 2. The van der Waals surface area contributed by atoms with Crippen molar-refractivity contribution < 1.29 is 14.3 Å². The number of amides is 2. The predicted octanol–water partition coefficient (Wildman–Crippen LogP) is 1.03. The standard InChI is InChI=1S/C12H14N2O3/c1-3-8-17-11-7-5-4-6-10(11)12(16)14-13-9(2)15/h3-7H,1,8H2,2H3,(H,13,15)(H,14,16). The average molecular weight is 234 g/mol. The van der Waals surface area contributed by atoms with Crippen LogP contribution in [0.15, 0.2) is 36.9 Å². The second kappa shape index (κ2) is 6.32. The van der Waals surface area contributed by atoms with Crippen LogP contribution in [0, 0.1) is 0 Å². The second-order valence-electron chi connectivity index (χ2n) is 3.23. The van der Waals surface area contributed by atoms with Crippen molar-refractivity contribution in [2.45, 2.75) is 6.92 Å². The zero-order chi connectivity index (χ0) is 12.7. The van der Waals surface area contributed by atoms with Crippen molar-refractivity contribution in [3.63, 3.8) is 0 Å². The van der Waals surface area contributed by atoms with Gasteiger partial charge >= 0.3 is 0 Å². The van der Waals surface area contributed by atoms with Gasteiger partial charge in [-0.15, -0.1) is 0 Å². The van der Waals surface area contributed by atoms with Crippen LogP contribution in [0.25, 0.3) is 0 Å². The van der Waals surface area contributed by atoms with E-state index in [1.54, 1.807) is 30.3 Å². The Morgan fingerprint density at radius 1 is 1.35 bits per heavy atom. The predicted molar refractivity (Wildman–Crippen MR) is 63.4 cm³/mol. The van der Waals surface area contributed by atoms with Gasteiger partial charge in [-0.3, -0.25) is 20.4 Å². The number of ether oxygens (including phenoxy) is 1. The number of nitrogens with one attached hydrogen (secondary N) is 2. The minimum Gasteiger partial charge on any atom is -0.489 e. The molecule has 0 saturated heterocycles. The van der Waals surface area contributed by atoms with Crippen LogP contribution in [-0.2, 0) is 4.79 Å². The van der Waals surface area contributed by atoms with E-state index in [4.69, 9.17) is 4.74 Å². The van der Waals surface area contributed by atoms with Gasteiger partial charge in [-0.05, 0) is 12.1 Å². The molecule has 0 unspecified atom stereocenters. The van der Waals surface area contributed by atoms with Crippen molar-refractivity contribution >= 4 is 11.8 Å². The van der Waals surface area contributed by atoms with Crippen molar-refractivity contribution in [2.24, 2.45) is 0 Å². The molecule has 0 aromatic heterocycles. The van der Waals surface area contributed by atoms with E-state index in [2.05, 4.69) is 17.4 Å². The van der Waals surface area contributed by atoms with Crippen molar-refractivity contribution in [3.8, 4) is 5.75 Å². The summed E-state index contributed by atoms with van der Waals surface area (Å²) in [5.74, 6) is -0.335. The van der Waals surface area contributed by atoms with Gasteiger partial charge in [0.15, 0.2) is 0 Å². The average Bonchev–Trinajstić information content (AvgIpc) is 2.33. The molecule has 5 nitrogen and oxygen atoms in total. The lowest BCUT2D eigenvalue weighted by atomic mass is 10.2. The summed E-state index contributed by atoms with van der Waals surface area (Å²) in [5.41, 5.74) is 4.83. The summed E-state index contributed by atoms with van der Waals surface area (Å²) in [4.78, 5) is 22.4. The maximum absolute atomic E-state index is 11.7. The Hall–Kier alpha value is -2.30. The van der Waals surface area contributed by atoms with Crippen LogP contribution in [0.1, 0.15) is 17.3 Å². The van der Waals surface area contributed by atoms with E-state index in [0.29, 0.717) is 17.9 Å². The Morgan fingerprint density at radius 3 is 2.71 bits per heavy atom. The van der Waals surface area contributed by atoms with E-state index in [1.165, 1.54) is 6.92 Å². The molecule has 0 saturated carbocycles. The highest BCUT2D eigenvalue weighted by Crippen LogP contribution is 2.17. The maximum Gasteiger partial charge on any atom is 0.273 e. The molecule has 17 heavy (non-hydrogen) atoms. The molecule has 5 heteroatoms. The fourth-order valence-electron chi connectivity index (χ4n) is 1.14. The fourth-order valence-corrected chi connectivity index (χ4v) is 1.14. The quantitative estimate of drug-likeness (QED) is 0.604. The monoisotopic (exact) mass is 234 g/mol. The van der Waals surface area contributed by atoms with Crippen LogP contribution in [0.5, 0.6) is 5.75 Å². The molecule has 0 spiro atoms. The van der Waals surface area contributed by atoms with Gasteiger partial charge in [-0.25, -0.2) is 0 Å². The Balaban J connectivity index is 2.77. The molecule has 0 aliphatic rings. The Morgan fingerprint density at radius 2 is 2.06 bits per heavy atom. The van der Waals surface area contributed by atoms with Crippen LogP contribution in [0.4, 0.5) is 0 Å². The first kappa shape index (κ1) is 12.8. The summed E-state index contributed by atoms with van der Waals surface area (Å²) in [7, 11) is 0. The summed E-state index contributed by atoms with van der Waals surface area (Å²) >= 11 is 0. The van der Waals surface area contributed by atoms with E-state index >= 15 is 0 Å². The molecule has 2 N–H and O–H groups in total. The van der Waals surface area contributed by atoms with Crippen molar-refractivity contribution in [3.05, 3.63) is 42.5 Å². The second-order valence-corrected chi connectivity index (χ2v) is 3.23. The number of rotatable bonds is 4. The molecular weight excluding hydrogens is 220 g/mol. The van der Waals surface area contributed by atoms with Crippen LogP contribution < -0.4 is 15.6 Å². The van der Waals surface area contributed by atoms with Crippen molar-refractivity contribution in [1.29, 1.82) is 0 Å². The van der Waals surface area contributed by atoms with Crippen LogP contribution in [-0.4, -0.2) is 18.4 Å². The minimum absolute atomic E-state index is 0.310. The summed E-state index contributed by atoms with van der Waals surface area (Å²) in [6.45, 7) is 5.14. The Kier molecular flexibility index (Phi) is 4.75. The Bertz CT molecular complexity index is 430. The highest BCUT2D eigenvalue weighted by atomic mass is 16.5. The molecule has 0 aliphatic heterocycles. The molecule has 0 atom stereocenters. The van der Waals surface area contributed by atoms with Gasteiger partial charge in [0.25, 0.3) is 5.91 Å². The number of hydrazine groups is 1. The fraction of sp³-hybridized carbons (Fsp3) is 0.167. The molecule has 2 amide bonds. The lowest BCUT2D eigenvalue weighted by Gasteiger charge is -2.10. The molecule has 0 fully saturated rings. The molecule has 1 aromatic rings. The lowest BCUT2D eigenvalue weighted by Crippen LogP contribution is -2.40. The number of benzene rings is 1. The number of para-hydroxylation sites is 1. The maximum atomic E-state index is 11.7. The largest absolute Gasteiger partial charge is 0.489 e. The summed E-state index contributed by atoms with van der Waals surface area (Å²) in [6.07, 6.45) is 1.59. The topological polar surface area (TPSA) is 67.4 Å². The van der Waals surface area contributed by atoms with Gasteiger partial charge in [0, 0.05) is 6.92 Å². The van der Waals surface area contributed by atoms with Crippen LogP contribution >= 0.6 is 0 Å². The third-order valence-electron chi connectivity index (χ3n) is 1.84. The number of hydrogen-bond donors (Lipinski definition) is 2. The molecular formula is C12H14N2O3. The van der Waals surface area contributed by atoms with Gasteiger partial charge in [0.1, 0.15) is 12.4 Å².